The van der Waals surface area contributed by atoms with Crippen molar-refractivity contribution in [3.63, 3.8) is 0 Å². The zero-order chi connectivity index (χ0) is 50.9. The molecule has 0 aliphatic heterocycles. The van der Waals surface area contributed by atoms with Crippen molar-refractivity contribution in [2.75, 3.05) is 21.1 Å². The summed E-state index contributed by atoms with van der Waals surface area (Å²) in [6.07, 6.45) is 9.30. The third-order valence-corrected chi connectivity index (χ3v) is 31.3. The molecule has 23 heteroatoms. The van der Waals surface area contributed by atoms with Gasteiger partial charge in [-0.15, -0.1) is 0 Å². The summed E-state index contributed by atoms with van der Waals surface area (Å²) in [5.74, 6) is 2.58. The topological polar surface area (TPSA) is 179 Å². The molecule has 4 aromatic rings. The van der Waals surface area contributed by atoms with Crippen LogP contribution >= 0.6 is 44.2 Å². The van der Waals surface area contributed by atoms with Crippen LogP contribution in [0.2, 0.25) is 0 Å². The number of nitrogens with zero attached hydrogens (tertiary/aromatic N) is 6. The van der Waals surface area contributed by atoms with Crippen LogP contribution in [0.1, 0.15) is 101 Å². The number of nitrogens with two attached hydrogens (primary N) is 3. The van der Waals surface area contributed by atoms with Crippen LogP contribution in [0.4, 0.5) is 0 Å². The summed E-state index contributed by atoms with van der Waals surface area (Å²) in [6.45, 7) is 9.32. The molecule has 0 bridgehead atoms. The molecule has 10 atom stereocenters. The lowest BCUT2D eigenvalue weighted by Gasteiger charge is -2.38. The van der Waals surface area contributed by atoms with Gasteiger partial charge in [-0.1, -0.05) is 62.6 Å². The molecule has 0 fully saturated rings. The van der Waals surface area contributed by atoms with Crippen molar-refractivity contribution in [1.29, 1.82) is 0 Å². The highest BCUT2D eigenvalue weighted by Crippen LogP contribution is 2.74. The fourth-order valence-corrected chi connectivity index (χ4v) is 18.3. The fraction of sp³-hybridized carbons (Fsp3) is 0.391. The van der Waals surface area contributed by atoms with E-state index in [4.69, 9.17) is 81.1 Å². The Balaban J connectivity index is 1.30. The first-order valence-corrected chi connectivity index (χ1v) is 35.6. The van der Waals surface area contributed by atoms with E-state index in [0.717, 1.165) is 41.6 Å². The molecular formula is C46H69N9O5P6S3. The lowest BCUT2D eigenvalue weighted by atomic mass is 10.2. The Morgan fingerprint density at radius 3 is 1.36 bits per heavy atom. The van der Waals surface area contributed by atoms with E-state index in [9.17, 15) is 4.79 Å². The first kappa shape index (κ1) is 58.8. The van der Waals surface area contributed by atoms with E-state index in [1.807, 2.05) is 124 Å². The van der Waals surface area contributed by atoms with Gasteiger partial charge in [-0.3, -0.25) is 19.1 Å². The minimum Gasteiger partial charge on any atom is -0.484 e. The minimum absolute atomic E-state index is 0.128. The number of benzene rings is 4. The van der Waals surface area contributed by atoms with Crippen LogP contribution in [0.3, 0.4) is 0 Å². The second-order valence-electron chi connectivity index (χ2n) is 16.6. The second-order valence-corrected chi connectivity index (χ2v) is 35.5. The fourth-order valence-electron chi connectivity index (χ4n) is 6.59. The zero-order valence-electron chi connectivity index (χ0n) is 41.0. The smallest absolute Gasteiger partial charge is 0.150 e. The van der Waals surface area contributed by atoms with Gasteiger partial charge in [0.2, 0.25) is 0 Å². The quantitative estimate of drug-likeness (QED) is 0.0212. The van der Waals surface area contributed by atoms with E-state index >= 15 is 0 Å². The number of ether oxygens (including phenoxy) is 4. The number of hydrogen-bond donors (Lipinski definition) is 3. The van der Waals surface area contributed by atoms with E-state index in [0.29, 0.717) is 35.7 Å². The molecule has 0 amide bonds. The first-order chi connectivity index (χ1) is 32.7. The molecule has 4 aromatic carbocycles. The number of hydrazone groups is 3. The van der Waals surface area contributed by atoms with Crippen LogP contribution in [0.25, 0.3) is 0 Å². The molecule has 0 aromatic heterocycles. The van der Waals surface area contributed by atoms with Crippen LogP contribution in [0, 0.1) is 0 Å². The van der Waals surface area contributed by atoms with Crippen molar-refractivity contribution in [1.82, 2.24) is 14.3 Å². The van der Waals surface area contributed by atoms with Gasteiger partial charge in [-0.2, -0.15) is 15.3 Å². The van der Waals surface area contributed by atoms with Crippen LogP contribution in [-0.4, -0.2) is 82.3 Å². The molecular weight excluding hydrogens is 1040 g/mol. The van der Waals surface area contributed by atoms with Crippen molar-refractivity contribution in [3.05, 3.63) is 119 Å². The summed E-state index contributed by atoms with van der Waals surface area (Å²) in [7, 11) is 3.75. The Labute approximate surface area is 431 Å². The molecule has 0 saturated carbocycles. The SMILES string of the molecule is CCCC(C)(Oc1ccc(/C=N/N(C)[PH](=S)C(C)(CC)Oc2ccc(/C=N/N(C)[PH](=S)C(C)(CC)Oc3ccc(/C=N/N(C)[PH](=S)C(C)Oc4ccc(C=O)cc4)cc3)cc2)cc1)P(N)P(N)PN. The van der Waals surface area contributed by atoms with Gasteiger partial charge in [-0.25, -0.2) is 0 Å². The average Bonchev–Trinajstić information content (AvgIpc) is 3.36. The lowest BCUT2D eigenvalue weighted by molar-refractivity contribution is 0.112. The highest BCUT2D eigenvalue weighted by Gasteiger charge is 2.37. The molecule has 14 nitrogen and oxygen atoms in total. The molecule has 6 N–H and O–H groups in total. The number of rotatable bonds is 28. The van der Waals surface area contributed by atoms with Crippen LogP contribution in [-0.2, 0) is 35.4 Å². The third-order valence-electron chi connectivity index (χ3n) is 11.2. The molecule has 0 saturated heterocycles. The maximum absolute atomic E-state index is 11.0. The highest BCUT2D eigenvalue weighted by molar-refractivity contribution is 8.55. The summed E-state index contributed by atoms with van der Waals surface area (Å²) in [4.78, 5) is 11.0. The van der Waals surface area contributed by atoms with Gasteiger partial charge in [0.25, 0.3) is 0 Å². The third kappa shape index (κ3) is 17.2. The van der Waals surface area contributed by atoms with Gasteiger partial charge < -0.3 is 35.5 Å². The molecule has 69 heavy (non-hydrogen) atoms. The van der Waals surface area contributed by atoms with Crippen molar-refractivity contribution < 1.29 is 23.7 Å². The summed E-state index contributed by atoms with van der Waals surface area (Å²) >= 11 is 18.0. The summed E-state index contributed by atoms with van der Waals surface area (Å²) in [5, 5.41) is 12.3. The predicted molar refractivity (Wildman–Crippen MR) is 312 cm³/mol. The maximum Gasteiger partial charge on any atom is 0.150 e. The molecule has 0 radical (unpaired) electrons. The predicted octanol–water partition coefficient (Wildman–Crippen LogP) is 11.9. The molecule has 0 heterocycles. The van der Waals surface area contributed by atoms with Crippen molar-refractivity contribution >= 4 is 105 Å². The molecule has 0 aliphatic carbocycles. The van der Waals surface area contributed by atoms with Gasteiger partial charge in [0.15, 0.2) is 0 Å². The lowest BCUT2D eigenvalue weighted by Crippen LogP contribution is -2.32. The van der Waals surface area contributed by atoms with Crippen molar-refractivity contribution in [2.24, 2.45) is 31.8 Å². The Hall–Kier alpha value is -2.72. The molecule has 0 aliphatic rings. The Kier molecular flexibility index (Phi) is 23.8. The Morgan fingerprint density at radius 1 is 0.638 bits per heavy atom. The molecule has 10 unspecified atom stereocenters. The number of aldehydes is 1. The number of carbonyl (C=O) groups is 1. The summed E-state index contributed by atoms with van der Waals surface area (Å²) in [6, 6.07) is 30.3. The number of hydrogen-bond acceptors (Lipinski definition) is 14. The van der Waals surface area contributed by atoms with Crippen LogP contribution in [0.5, 0.6) is 23.0 Å². The van der Waals surface area contributed by atoms with Gasteiger partial charge in [0.1, 0.15) is 51.2 Å². The van der Waals surface area contributed by atoms with Crippen LogP contribution in [0.15, 0.2) is 112 Å². The molecule has 4 rings (SSSR count). The largest absolute Gasteiger partial charge is 0.484 e. The summed E-state index contributed by atoms with van der Waals surface area (Å²) in [5.41, 5.74) is 22.1. The Morgan fingerprint density at radius 2 is 1.00 bits per heavy atom. The van der Waals surface area contributed by atoms with Gasteiger partial charge >= 0.3 is 0 Å². The van der Waals surface area contributed by atoms with Crippen molar-refractivity contribution in [2.45, 2.75) is 96.0 Å². The average molecular weight is 1110 g/mol. The van der Waals surface area contributed by atoms with E-state index < -0.39 is 51.8 Å². The van der Waals surface area contributed by atoms with Crippen LogP contribution < -0.4 is 35.5 Å². The zero-order valence-corrected chi connectivity index (χ0v) is 49.3. The number of carbonyl (C=O) groups excluding carboxylic acids is 1. The highest BCUT2D eigenvalue weighted by atomic mass is 32.5. The normalized spacial score (nSPS) is 17.3. The van der Waals surface area contributed by atoms with Gasteiger partial charge in [0, 0.05) is 34.2 Å². The van der Waals surface area contributed by atoms with E-state index in [1.54, 1.807) is 47.7 Å². The molecule has 376 valence electrons. The van der Waals surface area contributed by atoms with E-state index in [-0.39, 0.29) is 14.3 Å². The maximum atomic E-state index is 11.0. The minimum atomic E-state index is -1.73. The van der Waals surface area contributed by atoms with Gasteiger partial charge in [-0.05, 0) is 169 Å². The van der Waals surface area contributed by atoms with Gasteiger partial charge in [0.05, 0.1) is 46.9 Å². The molecule has 0 spiro atoms. The summed E-state index contributed by atoms with van der Waals surface area (Å²) < 4.78 is 31.1. The Bertz CT molecular complexity index is 2430. The first-order valence-electron chi connectivity index (χ1n) is 22.3. The van der Waals surface area contributed by atoms with Crippen molar-refractivity contribution in [3.8, 4) is 23.0 Å². The van der Waals surface area contributed by atoms with E-state index in [1.165, 1.54) is 0 Å². The standard InChI is InChI=1S/C46H69N9O5P6S3/c1-11-30-46(7,63(48)66(49)61-47)60-43-28-18-38(19-29-43)33-52-55(10)65(69)45(6,13-3)59-42-26-16-37(17-27-42)32-51-54(9)64(68)44(5,12-2)58-41-24-14-36(15-25-41)31-50-53(8)62(67)35(4)57-40-22-20-39(34-56)21-23-40/h14-29,31-35,61-62,64-65H,11-13,30,47-49H2,1-10H3/b50-31+,51-32+,52-33+. The van der Waals surface area contributed by atoms with E-state index in [2.05, 4.69) is 32.8 Å². The monoisotopic (exact) mass is 1110 g/mol. The second kappa shape index (κ2) is 27.9.